The molecule has 0 fully saturated rings. The molecule has 0 saturated carbocycles. The summed E-state index contributed by atoms with van der Waals surface area (Å²) in [5.41, 5.74) is 12.2. The van der Waals surface area contributed by atoms with Gasteiger partial charge >= 0.3 is 0 Å². The molecule has 0 aliphatic carbocycles. The third-order valence-corrected chi connectivity index (χ3v) is 8.56. The van der Waals surface area contributed by atoms with Gasteiger partial charge in [0.05, 0.1) is 5.69 Å². The molecule has 0 amide bonds. The molecule has 0 aromatic heterocycles. The molecule has 1 aliphatic rings. The molecule has 0 bridgehead atoms. The van der Waals surface area contributed by atoms with Gasteiger partial charge in [0, 0.05) is 5.71 Å². The van der Waals surface area contributed by atoms with Crippen molar-refractivity contribution < 1.29 is 0 Å². The molecular weight excluding hydrogens is 506 g/mol. The lowest BCUT2D eigenvalue weighted by atomic mass is 9.84. The van der Waals surface area contributed by atoms with Crippen LogP contribution in [0.4, 0.5) is 5.69 Å². The Hall–Kier alpha value is -5.27. The number of rotatable bonds is 4. The van der Waals surface area contributed by atoms with Crippen molar-refractivity contribution in [3.05, 3.63) is 163 Å². The first-order chi connectivity index (χ1) is 20.8. The van der Waals surface area contributed by atoms with Crippen molar-refractivity contribution in [2.45, 2.75) is 12.8 Å². The van der Waals surface area contributed by atoms with Crippen LogP contribution in [0.25, 0.3) is 54.9 Å². The zero-order valence-electron chi connectivity index (χ0n) is 23.3. The van der Waals surface area contributed by atoms with Crippen molar-refractivity contribution in [2.24, 2.45) is 4.99 Å². The third kappa shape index (κ3) is 4.22. The van der Waals surface area contributed by atoms with E-state index in [1.807, 2.05) is 0 Å². The van der Waals surface area contributed by atoms with Crippen molar-refractivity contribution in [1.29, 1.82) is 0 Å². The van der Waals surface area contributed by atoms with E-state index in [9.17, 15) is 0 Å². The van der Waals surface area contributed by atoms with Gasteiger partial charge in [-0.1, -0.05) is 140 Å². The molecular formula is C41H29N. The van der Waals surface area contributed by atoms with E-state index in [1.54, 1.807) is 0 Å². The molecule has 0 spiro atoms. The van der Waals surface area contributed by atoms with Crippen LogP contribution in [0.5, 0.6) is 0 Å². The smallest absolute Gasteiger partial charge is 0.0671 e. The van der Waals surface area contributed by atoms with E-state index in [4.69, 9.17) is 4.99 Å². The second kappa shape index (κ2) is 10.3. The Morgan fingerprint density at radius 1 is 0.357 bits per heavy atom. The number of aryl methyl sites for hydroxylation is 1. The first-order valence-electron chi connectivity index (χ1n) is 14.7. The summed E-state index contributed by atoms with van der Waals surface area (Å²) in [5.74, 6) is 0. The Morgan fingerprint density at radius 2 is 0.857 bits per heavy atom. The summed E-state index contributed by atoms with van der Waals surface area (Å²) in [4.78, 5) is 5.14. The highest BCUT2D eigenvalue weighted by Gasteiger charge is 2.18. The lowest BCUT2D eigenvalue weighted by Gasteiger charge is -2.19. The normalized spacial score (nSPS) is 12.7. The molecule has 42 heavy (non-hydrogen) atoms. The van der Waals surface area contributed by atoms with Crippen LogP contribution in [0.3, 0.4) is 0 Å². The highest BCUT2D eigenvalue weighted by molar-refractivity contribution is 6.22. The summed E-state index contributed by atoms with van der Waals surface area (Å²) >= 11 is 0. The van der Waals surface area contributed by atoms with Crippen LogP contribution >= 0.6 is 0 Å². The summed E-state index contributed by atoms with van der Waals surface area (Å²) in [5, 5.41) is 5.08. The van der Waals surface area contributed by atoms with Crippen LogP contribution in [-0.2, 0) is 6.42 Å². The predicted molar refractivity (Wildman–Crippen MR) is 179 cm³/mol. The lowest BCUT2D eigenvalue weighted by molar-refractivity contribution is 1.01. The fourth-order valence-electron chi connectivity index (χ4n) is 6.54. The summed E-state index contributed by atoms with van der Waals surface area (Å²) in [6.07, 6.45) is 1.99. The van der Waals surface area contributed by atoms with Gasteiger partial charge in [0.15, 0.2) is 0 Å². The van der Waals surface area contributed by atoms with Crippen LogP contribution in [0.2, 0.25) is 0 Å². The second-order valence-electron chi connectivity index (χ2n) is 11.1. The van der Waals surface area contributed by atoms with Crippen molar-refractivity contribution >= 4 is 32.9 Å². The van der Waals surface area contributed by atoms with Gasteiger partial charge in [-0.05, 0) is 91.0 Å². The van der Waals surface area contributed by atoms with E-state index in [0.717, 1.165) is 18.5 Å². The maximum Gasteiger partial charge on any atom is 0.0671 e. The third-order valence-electron chi connectivity index (χ3n) is 8.56. The van der Waals surface area contributed by atoms with Gasteiger partial charge in [-0.25, -0.2) is 0 Å². The SMILES string of the molecule is c1ccc(C2=Nc3cc(-c4ccc5c(-c6ccccc6)c6ccccc6c(-c6ccccc6)c5c4)ccc3CC2)cc1. The minimum atomic E-state index is 0.974. The molecule has 0 N–H and O–H groups in total. The van der Waals surface area contributed by atoms with E-state index in [0.29, 0.717) is 0 Å². The zero-order valence-corrected chi connectivity index (χ0v) is 23.3. The maximum atomic E-state index is 5.14. The van der Waals surface area contributed by atoms with E-state index < -0.39 is 0 Å². The van der Waals surface area contributed by atoms with Crippen LogP contribution in [0.1, 0.15) is 17.5 Å². The van der Waals surface area contributed by atoms with Crippen molar-refractivity contribution in [2.75, 3.05) is 0 Å². The quantitative estimate of drug-likeness (QED) is 0.199. The molecule has 8 rings (SSSR count). The fourth-order valence-corrected chi connectivity index (χ4v) is 6.54. The highest BCUT2D eigenvalue weighted by atomic mass is 14.8. The Kier molecular flexibility index (Phi) is 6.00. The van der Waals surface area contributed by atoms with E-state index in [1.165, 1.54) is 71.8 Å². The number of aliphatic imine (C=N–C) groups is 1. The zero-order chi connectivity index (χ0) is 27.9. The largest absolute Gasteiger partial charge is 0.253 e. The van der Waals surface area contributed by atoms with Gasteiger partial charge in [0.25, 0.3) is 0 Å². The first kappa shape index (κ1) is 24.5. The van der Waals surface area contributed by atoms with Gasteiger partial charge < -0.3 is 0 Å². The average molecular weight is 536 g/mol. The van der Waals surface area contributed by atoms with Crippen LogP contribution < -0.4 is 0 Å². The molecule has 1 heterocycles. The standard InChI is InChI=1S/C41H29N/c1-4-12-28(13-5-1)38-25-23-29-20-21-33(27-39(29)42-38)32-22-24-36-37(26-32)41(31-16-8-3-9-17-31)35-19-11-10-18-34(35)40(36)30-14-6-2-7-15-30/h1-22,24,26-27H,23,25H2. The average Bonchev–Trinajstić information content (AvgIpc) is 3.07. The van der Waals surface area contributed by atoms with E-state index in [2.05, 4.69) is 152 Å². The molecule has 0 atom stereocenters. The molecule has 198 valence electrons. The Labute approximate surface area is 246 Å². The molecule has 1 heteroatoms. The highest BCUT2D eigenvalue weighted by Crippen LogP contribution is 2.45. The number of hydrogen-bond acceptors (Lipinski definition) is 1. The molecule has 1 nitrogen and oxygen atoms in total. The number of hydrogen-bond donors (Lipinski definition) is 0. The Morgan fingerprint density at radius 3 is 1.50 bits per heavy atom. The number of fused-ring (bicyclic) bond motifs is 3. The lowest BCUT2D eigenvalue weighted by Crippen LogP contribution is -2.07. The summed E-state index contributed by atoms with van der Waals surface area (Å²) < 4.78 is 0. The molecule has 0 unspecified atom stereocenters. The summed E-state index contributed by atoms with van der Waals surface area (Å²) in [6, 6.07) is 54.9. The second-order valence-corrected chi connectivity index (χ2v) is 11.1. The molecule has 7 aromatic rings. The molecule has 7 aromatic carbocycles. The Balaban J connectivity index is 1.37. The predicted octanol–water partition coefficient (Wildman–Crippen LogP) is 11.1. The first-order valence-corrected chi connectivity index (χ1v) is 14.7. The van der Waals surface area contributed by atoms with Crippen molar-refractivity contribution in [1.82, 2.24) is 0 Å². The summed E-state index contributed by atoms with van der Waals surface area (Å²) in [6.45, 7) is 0. The minimum Gasteiger partial charge on any atom is -0.253 e. The molecule has 0 saturated heterocycles. The topological polar surface area (TPSA) is 12.4 Å². The summed E-state index contributed by atoms with van der Waals surface area (Å²) in [7, 11) is 0. The number of benzene rings is 7. The minimum absolute atomic E-state index is 0.974. The van der Waals surface area contributed by atoms with Gasteiger partial charge in [-0.15, -0.1) is 0 Å². The van der Waals surface area contributed by atoms with Crippen molar-refractivity contribution in [3.8, 4) is 33.4 Å². The van der Waals surface area contributed by atoms with Gasteiger partial charge in [-0.3, -0.25) is 4.99 Å². The number of nitrogens with zero attached hydrogens (tertiary/aromatic N) is 1. The van der Waals surface area contributed by atoms with Crippen LogP contribution in [0, 0.1) is 0 Å². The van der Waals surface area contributed by atoms with Crippen LogP contribution in [0.15, 0.2) is 157 Å². The van der Waals surface area contributed by atoms with Crippen molar-refractivity contribution in [3.63, 3.8) is 0 Å². The van der Waals surface area contributed by atoms with Gasteiger partial charge in [-0.2, -0.15) is 0 Å². The van der Waals surface area contributed by atoms with Gasteiger partial charge in [0.1, 0.15) is 0 Å². The maximum absolute atomic E-state index is 5.14. The Bertz CT molecular complexity index is 2110. The molecule has 1 aliphatic heterocycles. The van der Waals surface area contributed by atoms with E-state index in [-0.39, 0.29) is 0 Å². The van der Waals surface area contributed by atoms with Crippen LogP contribution in [-0.4, -0.2) is 5.71 Å². The fraction of sp³-hybridized carbons (Fsp3) is 0.0488. The van der Waals surface area contributed by atoms with E-state index >= 15 is 0 Å². The monoisotopic (exact) mass is 535 g/mol. The van der Waals surface area contributed by atoms with Gasteiger partial charge in [0.2, 0.25) is 0 Å². The molecule has 0 radical (unpaired) electrons.